The number of nitrogens with zero attached hydrogens (tertiary/aromatic N) is 1. The summed E-state index contributed by atoms with van der Waals surface area (Å²) in [4.78, 5) is 24.6. The van der Waals surface area contributed by atoms with Crippen LogP contribution in [-0.2, 0) is 16.1 Å². The lowest BCUT2D eigenvalue weighted by atomic mass is 9.96. The first-order valence-electron chi connectivity index (χ1n) is 8.69. The van der Waals surface area contributed by atoms with E-state index in [2.05, 4.69) is 38.3 Å². The molecule has 0 bridgehead atoms. The van der Waals surface area contributed by atoms with Crippen LogP contribution in [0.2, 0.25) is 0 Å². The minimum Gasteiger partial charge on any atom is -0.382 e. The van der Waals surface area contributed by atoms with E-state index in [9.17, 15) is 9.59 Å². The Balaban J connectivity index is 1.46. The van der Waals surface area contributed by atoms with Gasteiger partial charge in [0, 0.05) is 12.6 Å². The van der Waals surface area contributed by atoms with Gasteiger partial charge in [0.25, 0.3) is 0 Å². The van der Waals surface area contributed by atoms with Gasteiger partial charge in [0.1, 0.15) is 11.9 Å². The number of carbonyl (C=O) groups is 2. The van der Waals surface area contributed by atoms with Crippen LogP contribution in [0.1, 0.15) is 30.5 Å². The van der Waals surface area contributed by atoms with Crippen LogP contribution in [0.4, 0.5) is 5.82 Å². The fourth-order valence-electron chi connectivity index (χ4n) is 3.10. The Morgan fingerprint density at radius 2 is 2.12 bits per heavy atom. The highest BCUT2D eigenvalue weighted by Crippen LogP contribution is 2.25. The third-order valence-electron chi connectivity index (χ3n) is 4.57. The molecule has 3 atom stereocenters. The molecule has 8 heteroatoms. The van der Waals surface area contributed by atoms with Crippen molar-refractivity contribution in [3.05, 3.63) is 47.7 Å². The largest absolute Gasteiger partial charge is 0.382 e. The summed E-state index contributed by atoms with van der Waals surface area (Å²) >= 11 is 0. The van der Waals surface area contributed by atoms with E-state index in [1.165, 1.54) is 5.56 Å². The van der Waals surface area contributed by atoms with Gasteiger partial charge in [-0.05, 0) is 24.8 Å². The van der Waals surface area contributed by atoms with Gasteiger partial charge >= 0.3 is 0 Å². The third kappa shape index (κ3) is 4.40. The molecule has 2 amide bonds. The molecular formula is C18H24N6O2. The summed E-state index contributed by atoms with van der Waals surface area (Å²) < 4.78 is 0. The molecule has 0 radical (unpaired) electrons. The van der Waals surface area contributed by atoms with Gasteiger partial charge in [-0.3, -0.25) is 14.7 Å². The summed E-state index contributed by atoms with van der Waals surface area (Å²) in [5.74, 6) is 0.263. The van der Waals surface area contributed by atoms with Crippen molar-refractivity contribution in [3.8, 4) is 0 Å². The van der Waals surface area contributed by atoms with Gasteiger partial charge in [0.15, 0.2) is 0 Å². The first-order valence-corrected chi connectivity index (χ1v) is 8.69. The zero-order valence-electron chi connectivity index (χ0n) is 14.7. The summed E-state index contributed by atoms with van der Waals surface area (Å²) in [5, 5.41) is 15.3. The summed E-state index contributed by atoms with van der Waals surface area (Å²) in [5.41, 5.74) is 7.44. The average molecular weight is 356 g/mol. The number of nitrogen functional groups attached to an aromatic ring is 1. The maximum atomic E-state index is 12.4. The quantitative estimate of drug-likeness (QED) is 0.508. The van der Waals surface area contributed by atoms with Crippen LogP contribution in [0.15, 0.2) is 36.4 Å². The number of hydrogen-bond donors (Lipinski definition) is 5. The molecule has 6 N–H and O–H groups in total. The molecule has 1 saturated heterocycles. The van der Waals surface area contributed by atoms with Gasteiger partial charge in [-0.2, -0.15) is 5.10 Å². The first-order chi connectivity index (χ1) is 12.5. The number of nitrogens with one attached hydrogen (secondary N) is 4. The van der Waals surface area contributed by atoms with E-state index in [1.807, 2.05) is 18.2 Å². The predicted octanol–water partition coefficient (Wildman–Crippen LogP) is 0.259. The highest BCUT2D eigenvalue weighted by Gasteiger charge is 2.31. The maximum absolute atomic E-state index is 12.4. The van der Waals surface area contributed by atoms with E-state index in [-0.39, 0.29) is 24.4 Å². The van der Waals surface area contributed by atoms with Crippen molar-refractivity contribution in [1.82, 2.24) is 26.1 Å². The maximum Gasteiger partial charge on any atom is 0.242 e. The lowest BCUT2D eigenvalue weighted by Crippen LogP contribution is -2.49. The molecule has 1 aromatic heterocycles. The zero-order chi connectivity index (χ0) is 18.5. The van der Waals surface area contributed by atoms with Gasteiger partial charge in [0.2, 0.25) is 11.8 Å². The Bertz CT molecular complexity index is 760. The summed E-state index contributed by atoms with van der Waals surface area (Å²) in [6, 6.07) is 10.9. The monoisotopic (exact) mass is 356 g/mol. The van der Waals surface area contributed by atoms with Crippen molar-refractivity contribution >= 4 is 17.6 Å². The molecule has 1 fully saturated rings. The second kappa shape index (κ2) is 8.01. The highest BCUT2D eigenvalue weighted by molar-refractivity contribution is 5.89. The first kappa shape index (κ1) is 17.9. The van der Waals surface area contributed by atoms with E-state index in [4.69, 9.17) is 5.73 Å². The van der Waals surface area contributed by atoms with Gasteiger partial charge in [-0.25, -0.2) is 0 Å². The number of aromatic amines is 1. The second-order valence-electron chi connectivity index (χ2n) is 6.57. The fourth-order valence-corrected chi connectivity index (χ4v) is 3.10. The van der Waals surface area contributed by atoms with Crippen LogP contribution in [0.5, 0.6) is 0 Å². The molecule has 1 aliphatic rings. The fraction of sp³-hybridized carbons (Fsp3) is 0.389. The standard InChI is InChI=1S/C18H24N6O2/c1-11(17(25)21-10-14-8-16(19)24-23-14)22-18(26)15-7-13(9-20-15)12-5-3-2-4-6-12/h2-6,8,11,13,15,20H,7,9-10H2,1H3,(H,21,25)(H,22,26)(H3,19,23,24). The molecule has 26 heavy (non-hydrogen) atoms. The Morgan fingerprint density at radius 1 is 1.35 bits per heavy atom. The number of benzene rings is 1. The molecule has 138 valence electrons. The molecule has 0 saturated carbocycles. The van der Waals surface area contributed by atoms with Crippen molar-refractivity contribution in [2.45, 2.75) is 37.9 Å². The van der Waals surface area contributed by atoms with E-state index < -0.39 is 6.04 Å². The molecule has 0 spiro atoms. The van der Waals surface area contributed by atoms with E-state index in [0.717, 1.165) is 13.0 Å². The third-order valence-corrected chi connectivity index (χ3v) is 4.57. The van der Waals surface area contributed by atoms with Crippen LogP contribution in [0, 0.1) is 0 Å². The molecule has 1 aliphatic heterocycles. The Kier molecular flexibility index (Phi) is 5.52. The van der Waals surface area contributed by atoms with Gasteiger partial charge in [-0.1, -0.05) is 30.3 Å². The van der Waals surface area contributed by atoms with Gasteiger partial charge in [-0.15, -0.1) is 0 Å². The topological polar surface area (TPSA) is 125 Å². The molecule has 8 nitrogen and oxygen atoms in total. The smallest absolute Gasteiger partial charge is 0.242 e. The molecule has 1 aromatic carbocycles. The summed E-state index contributed by atoms with van der Waals surface area (Å²) in [6.07, 6.45) is 0.720. The number of aromatic nitrogens is 2. The van der Waals surface area contributed by atoms with E-state index in [1.54, 1.807) is 13.0 Å². The molecule has 2 aromatic rings. The number of hydrogen-bond acceptors (Lipinski definition) is 5. The normalized spacial score (nSPS) is 20.5. The van der Waals surface area contributed by atoms with E-state index >= 15 is 0 Å². The Labute approximate surface area is 151 Å². The number of nitrogens with two attached hydrogens (primary N) is 1. The summed E-state index contributed by atoms with van der Waals surface area (Å²) in [6.45, 7) is 2.70. The minimum absolute atomic E-state index is 0.156. The number of anilines is 1. The van der Waals surface area contributed by atoms with Crippen molar-refractivity contribution < 1.29 is 9.59 Å². The number of H-pyrrole nitrogens is 1. The van der Waals surface area contributed by atoms with Crippen molar-refractivity contribution in [3.63, 3.8) is 0 Å². The van der Waals surface area contributed by atoms with Crippen molar-refractivity contribution in [2.24, 2.45) is 0 Å². The SMILES string of the molecule is CC(NC(=O)C1CC(c2ccccc2)CN1)C(=O)NCc1cc(N)n[nH]1. The van der Waals surface area contributed by atoms with Crippen LogP contribution in [0.3, 0.4) is 0 Å². The van der Waals surface area contributed by atoms with Gasteiger partial charge < -0.3 is 21.7 Å². The molecular weight excluding hydrogens is 332 g/mol. The number of rotatable bonds is 6. The van der Waals surface area contributed by atoms with Gasteiger partial charge in [0.05, 0.1) is 18.3 Å². The van der Waals surface area contributed by atoms with Crippen LogP contribution in [-0.4, -0.2) is 40.6 Å². The Morgan fingerprint density at radius 3 is 2.81 bits per heavy atom. The van der Waals surface area contributed by atoms with Crippen LogP contribution in [0.25, 0.3) is 0 Å². The van der Waals surface area contributed by atoms with Crippen LogP contribution < -0.4 is 21.7 Å². The number of amides is 2. The minimum atomic E-state index is -0.625. The lowest BCUT2D eigenvalue weighted by molar-refractivity contribution is -0.129. The zero-order valence-corrected chi connectivity index (χ0v) is 14.7. The highest BCUT2D eigenvalue weighted by atomic mass is 16.2. The molecule has 2 heterocycles. The Hall–Kier alpha value is -2.87. The summed E-state index contributed by atoms with van der Waals surface area (Å²) in [7, 11) is 0. The van der Waals surface area contributed by atoms with Crippen LogP contribution >= 0.6 is 0 Å². The number of carbonyl (C=O) groups excluding carboxylic acids is 2. The van der Waals surface area contributed by atoms with E-state index in [0.29, 0.717) is 17.4 Å². The van der Waals surface area contributed by atoms with Crippen molar-refractivity contribution in [1.29, 1.82) is 0 Å². The molecule has 3 rings (SSSR count). The average Bonchev–Trinajstić information content (AvgIpc) is 3.29. The predicted molar refractivity (Wildman–Crippen MR) is 98.0 cm³/mol. The lowest BCUT2D eigenvalue weighted by Gasteiger charge is -2.17. The molecule has 3 unspecified atom stereocenters. The second-order valence-corrected chi connectivity index (χ2v) is 6.57. The van der Waals surface area contributed by atoms with Crippen molar-refractivity contribution in [2.75, 3.05) is 12.3 Å². The molecule has 0 aliphatic carbocycles.